The van der Waals surface area contributed by atoms with E-state index in [9.17, 15) is 19.8 Å². The van der Waals surface area contributed by atoms with Crippen molar-refractivity contribution in [3.8, 4) is 0 Å². The van der Waals surface area contributed by atoms with Crippen molar-refractivity contribution in [2.45, 2.75) is 123 Å². The molecule has 0 aromatic heterocycles. The van der Waals surface area contributed by atoms with Gasteiger partial charge in [-0.3, -0.25) is 0 Å². The minimum atomic E-state index is -1.80. The van der Waals surface area contributed by atoms with Gasteiger partial charge in [0, 0.05) is 5.41 Å². The van der Waals surface area contributed by atoms with Crippen LogP contribution in [0.1, 0.15) is 123 Å². The molecule has 0 atom stereocenters. The summed E-state index contributed by atoms with van der Waals surface area (Å²) < 4.78 is 0. The van der Waals surface area contributed by atoms with Gasteiger partial charge >= 0.3 is 103 Å². The summed E-state index contributed by atoms with van der Waals surface area (Å²) in [7, 11) is 0. The Bertz CT molecular complexity index is 362. The van der Waals surface area contributed by atoms with Gasteiger partial charge in [0.2, 0.25) is 0 Å². The van der Waals surface area contributed by atoms with Gasteiger partial charge in [-0.25, -0.2) is 0 Å². The largest absolute Gasteiger partial charge is 1.00 e. The third-order valence-corrected chi connectivity index (χ3v) is 5.45. The summed E-state index contributed by atoms with van der Waals surface area (Å²) in [5.74, 6) is -2.94. The number of rotatable bonds is 19. The van der Waals surface area contributed by atoms with Gasteiger partial charge in [-0.2, -0.15) is 0 Å². The molecule has 28 heavy (non-hydrogen) atoms. The van der Waals surface area contributed by atoms with Gasteiger partial charge in [-0.1, -0.05) is 110 Å². The number of carbonyl (C=O) groups is 2. The second kappa shape index (κ2) is 23.9. The molecule has 0 aliphatic heterocycles. The predicted octanol–water partition coefficient (Wildman–Crippen LogP) is -1.85. The van der Waals surface area contributed by atoms with Gasteiger partial charge < -0.3 is 19.8 Å². The number of unbranched alkanes of at least 4 members (excludes halogenated alkanes) is 13. The van der Waals surface area contributed by atoms with Crippen LogP contribution < -0.4 is 113 Å². The van der Waals surface area contributed by atoms with E-state index >= 15 is 0 Å². The third-order valence-electron chi connectivity index (χ3n) is 5.45. The SMILES string of the molecule is CCCCCCCCCCCCC(CCCCCCC)(C(=O)[O-])C(=O)[O-].[K+].[K+]. The zero-order chi connectivity index (χ0) is 19.7. The summed E-state index contributed by atoms with van der Waals surface area (Å²) in [6.45, 7) is 4.32. The fourth-order valence-corrected chi connectivity index (χ4v) is 3.56. The van der Waals surface area contributed by atoms with E-state index < -0.39 is 17.4 Å². The van der Waals surface area contributed by atoms with Crippen molar-refractivity contribution < 1.29 is 123 Å². The van der Waals surface area contributed by atoms with Crippen LogP contribution >= 0.6 is 0 Å². The van der Waals surface area contributed by atoms with Gasteiger partial charge in [0.25, 0.3) is 0 Å². The van der Waals surface area contributed by atoms with E-state index in [1.54, 1.807) is 0 Å². The Morgan fingerprint density at radius 1 is 0.536 bits per heavy atom. The summed E-state index contributed by atoms with van der Waals surface area (Å²) in [5, 5.41) is 23.1. The maximum atomic E-state index is 11.5. The molecular formula is C22H40K2O4. The molecule has 0 aliphatic rings. The molecule has 0 radical (unpaired) electrons. The number of aliphatic carboxylic acids is 2. The van der Waals surface area contributed by atoms with Crippen molar-refractivity contribution in [2.75, 3.05) is 0 Å². The van der Waals surface area contributed by atoms with Crippen molar-refractivity contribution in [3.05, 3.63) is 0 Å². The molecule has 0 heterocycles. The van der Waals surface area contributed by atoms with Crippen LogP contribution in [0.25, 0.3) is 0 Å². The molecule has 0 unspecified atom stereocenters. The topological polar surface area (TPSA) is 80.3 Å². The first kappa shape index (κ1) is 34.8. The van der Waals surface area contributed by atoms with Crippen LogP contribution in [0.4, 0.5) is 0 Å². The van der Waals surface area contributed by atoms with Crippen molar-refractivity contribution in [1.82, 2.24) is 0 Å². The van der Waals surface area contributed by atoms with E-state index in [0.717, 1.165) is 44.9 Å². The zero-order valence-electron chi connectivity index (χ0n) is 19.2. The van der Waals surface area contributed by atoms with Crippen LogP contribution in [0.3, 0.4) is 0 Å². The van der Waals surface area contributed by atoms with Crippen LogP contribution in [0.15, 0.2) is 0 Å². The fourth-order valence-electron chi connectivity index (χ4n) is 3.56. The zero-order valence-corrected chi connectivity index (χ0v) is 25.4. The van der Waals surface area contributed by atoms with E-state index in [4.69, 9.17) is 0 Å². The average molecular weight is 447 g/mol. The first-order chi connectivity index (χ1) is 12.5. The van der Waals surface area contributed by atoms with Crippen LogP contribution in [-0.2, 0) is 9.59 Å². The van der Waals surface area contributed by atoms with Crippen molar-refractivity contribution in [2.24, 2.45) is 5.41 Å². The Kier molecular flexibility index (Phi) is 29.7. The molecule has 0 aromatic rings. The molecule has 0 fully saturated rings. The van der Waals surface area contributed by atoms with E-state index in [0.29, 0.717) is 12.8 Å². The number of carboxylic acid groups (broad SMARTS) is 2. The van der Waals surface area contributed by atoms with Gasteiger partial charge in [0.15, 0.2) is 0 Å². The molecule has 0 rings (SSSR count). The Labute approximate surface area is 258 Å². The fraction of sp³-hybridized carbons (Fsp3) is 0.909. The molecule has 0 aromatic carbocycles. The van der Waals surface area contributed by atoms with Crippen LogP contribution in [0.2, 0.25) is 0 Å². The Balaban J connectivity index is -0.00000312. The predicted molar refractivity (Wildman–Crippen MR) is 102 cm³/mol. The Morgan fingerprint density at radius 3 is 1.04 bits per heavy atom. The smallest absolute Gasteiger partial charge is 0.549 e. The summed E-state index contributed by atoms with van der Waals surface area (Å²) in [6, 6.07) is 0. The van der Waals surface area contributed by atoms with E-state index in [-0.39, 0.29) is 116 Å². The third kappa shape index (κ3) is 16.8. The molecule has 0 saturated carbocycles. The standard InChI is InChI=1S/C22H42O4.2K/c1-3-5-7-9-10-11-12-13-15-17-19-22(20(23)24,21(25)26)18-16-14-8-6-4-2;;/h3-19H2,1-2H3,(H,23,24)(H,25,26);;/q;2*+1/p-2. The maximum absolute atomic E-state index is 11.5. The second-order valence-electron chi connectivity index (χ2n) is 7.75. The molecule has 0 amide bonds. The van der Waals surface area contributed by atoms with Crippen molar-refractivity contribution >= 4 is 11.9 Å². The molecule has 154 valence electrons. The van der Waals surface area contributed by atoms with E-state index in [1.807, 2.05) is 0 Å². The van der Waals surface area contributed by atoms with E-state index in [2.05, 4.69) is 13.8 Å². The quantitative estimate of drug-likeness (QED) is 0.133. The normalized spacial score (nSPS) is 10.8. The number of carboxylic acids is 2. The number of hydrogen-bond acceptors (Lipinski definition) is 4. The van der Waals surface area contributed by atoms with Gasteiger partial charge in [0.1, 0.15) is 0 Å². The molecular weight excluding hydrogens is 406 g/mol. The first-order valence-electron chi connectivity index (χ1n) is 10.9. The molecule has 0 N–H and O–H groups in total. The maximum Gasteiger partial charge on any atom is 1.00 e. The number of hydrogen-bond donors (Lipinski definition) is 0. The summed E-state index contributed by atoms with van der Waals surface area (Å²) in [4.78, 5) is 23.1. The van der Waals surface area contributed by atoms with Gasteiger partial charge in [0.05, 0.1) is 11.9 Å². The Morgan fingerprint density at radius 2 is 0.786 bits per heavy atom. The van der Waals surface area contributed by atoms with Gasteiger partial charge in [-0.15, -0.1) is 0 Å². The summed E-state index contributed by atoms with van der Waals surface area (Å²) in [6.07, 6.45) is 16.3. The van der Waals surface area contributed by atoms with Crippen LogP contribution in [0.5, 0.6) is 0 Å². The average Bonchev–Trinajstić information content (AvgIpc) is 2.60. The van der Waals surface area contributed by atoms with Gasteiger partial charge in [-0.05, 0) is 12.8 Å². The minimum absolute atomic E-state index is 0. The molecule has 0 bridgehead atoms. The van der Waals surface area contributed by atoms with Crippen molar-refractivity contribution in [1.29, 1.82) is 0 Å². The van der Waals surface area contributed by atoms with E-state index in [1.165, 1.54) is 38.5 Å². The first-order valence-corrected chi connectivity index (χ1v) is 10.9. The monoisotopic (exact) mass is 446 g/mol. The molecule has 4 nitrogen and oxygen atoms in total. The van der Waals surface area contributed by atoms with Crippen molar-refractivity contribution in [3.63, 3.8) is 0 Å². The second-order valence-corrected chi connectivity index (χ2v) is 7.75. The Hall–Kier alpha value is 2.21. The molecule has 0 aliphatic carbocycles. The summed E-state index contributed by atoms with van der Waals surface area (Å²) >= 11 is 0. The van der Waals surface area contributed by atoms with Crippen LogP contribution in [0, 0.1) is 5.41 Å². The molecule has 6 heteroatoms. The minimum Gasteiger partial charge on any atom is -0.549 e. The molecule has 0 saturated heterocycles. The van der Waals surface area contributed by atoms with Crippen LogP contribution in [-0.4, -0.2) is 11.9 Å². The molecule has 0 spiro atoms. The summed E-state index contributed by atoms with van der Waals surface area (Å²) in [5.41, 5.74) is -1.80. The number of carbonyl (C=O) groups excluding carboxylic acids is 2.